The van der Waals surface area contributed by atoms with E-state index in [4.69, 9.17) is 11.6 Å². The number of tetrazole rings is 1. The molecule has 0 aliphatic carbocycles. The highest BCUT2D eigenvalue weighted by Crippen LogP contribution is 2.28. The highest BCUT2D eigenvalue weighted by molar-refractivity contribution is 6.31. The Hall–Kier alpha value is -3.51. The van der Waals surface area contributed by atoms with Gasteiger partial charge in [0.25, 0.3) is 0 Å². The number of fused-ring (bicyclic) bond motifs is 1. The molecule has 27 heavy (non-hydrogen) atoms. The molecule has 1 aromatic heterocycles. The Morgan fingerprint density at radius 3 is 2.70 bits per heavy atom. The van der Waals surface area contributed by atoms with E-state index in [-0.39, 0.29) is 5.91 Å². The van der Waals surface area contributed by atoms with Gasteiger partial charge in [0.05, 0.1) is 5.69 Å². The van der Waals surface area contributed by atoms with Crippen molar-refractivity contribution >= 4 is 40.0 Å². The Morgan fingerprint density at radius 1 is 1.04 bits per heavy atom. The van der Waals surface area contributed by atoms with E-state index in [0.717, 1.165) is 16.3 Å². The summed E-state index contributed by atoms with van der Waals surface area (Å²) in [6.07, 6.45) is 3.25. The summed E-state index contributed by atoms with van der Waals surface area (Å²) in [5.41, 5.74) is 2.11. The quantitative estimate of drug-likeness (QED) is 0.520. The lowest BCUT2D eigenvalue weighted by atomic mass is 10.1. The lowest BCUT2D eigenvalue weighted by Gasteiger charge is -2.08. The van der Waals surface area contributed by atoms with E-state index in [0.29, 0.717) is 22.1 Å². The third kappa shape index (κ3) is 3.86. The van der Waals surface area contributed by atoms with Gasteiger partial charge in [-0.05, 0) is 57.1 Å². The molecule has 0 aliphatic rings. The third-order valence-electron chi connectivity index (χ3n) is 4.04. The fourth-order valence-electron chi connectivity index (χ4n) is 2.76. The number of H-pyrrole nitrogens is 1. The molecule has 0 aliphatic heterocycles. The van der Waals surface area contributed by atoms with Crippen molar-refractivity contribution in [3.63, 3.8) is 0 Å². The topological polar surface area (TPSA) is 83.6 Å². The van der Waals surface area contributed by atoms with Crippen LogP contribution in [0.5, 0.6) is 0 Å². The molecule has 0 fully saturated rings. The van der Waals surface area contributed by atoms with Gasteiger partial charge in [0.15, 0.2) is 5.82 Å². The summed E-state index contributed by atoms with van der Waals surface area (Å²) in [6, 6.07) is 19.2. The summed E-state index contributed by atoms with van der Waals surface area (Å²) in [5.74, 6) is 0.166. The fourth-order valence-corrected chi connectivity index (χ4v) is 2.93. The van der Waals surface area contributed by atoms with Crippen molar-refractivity contribution in [1.29, 1.82) is 0 Å². The molecule has 6 nitrogen and oxygen atoms in total. The van der Waals surface area contributed by atoms with E-state index in [1.165, 1.54) is 6.08 Å². The predicted molar refractivity (Wildman–Crippen MR) is 106 cm³/mol. The molecule has 132 valence electrons. The minimum absolute atomic E-state index is 0.279. The van der Waals surface area contributed by atoms with Crippen LogP contribution >= 0.6 is 11.6 Å². The predicted octanol–water partition coefficient (Wildman–Crippen LogP) is 4.33. The standard InChI is InChI=1S/C20H14ClN5O/c21-16-8-9-17(20-23-25-26-24-20)18(12-16)22-19(27)10-6-13-5-7-14-3-1-2-4-15(14)11-13/h1-12H,(H,22,27)(H,23,24,25,26). The molecule has 1 heterocycles. The number of aromatic amines is 1. The number of nitrogens with one attached hydrogen (secondary N) is 2. The second-order valence-corrected chi connectivity index (χ2v) is 6.31. The minimum Gasteiger partial charge on any atom is -0.322 e. The van der Waals surface area contributed by atoms with Gasteiger partial charge >= 0.3 is 0 Å². The Morgan fingerprint density at radius 2 is 1.89 bits per heavy atom. The number of hydrogen-bond donors (Lipinski definition) is 2. The minimum atomic E-state index is -0.279. The molecule has 4 aromatic rings. The first-order valence-corrected chi connectivity index (χ1v) is 8.58. The van der Waals surface area contributed by atoms with Crippen molar-refractivity contribution in [1.82, 2.24) is 20.6 Å². The first kappa shape index (κ1) is 16.9. The third-order valence-corrected chi connectivity index (χ3v) is 4.28. The van der Waals surface area contributed by atoms with Crippen molar-refractivity contribution in [3.8, 4) is 11.4 Å². The molecule has 4 rings (SSSR count). The molecule has 3 aromatic carbocycles. The fraction of sp³-hybridized carbons (Fsp3) is 0. The molecule has 2 N–H and O–H groups in total. The number of carbonyl (C=O) groups excluding carboxylic acids is 1. The molecule has 7 heteroatoms. The number of benzene rings is 3. The Labute approximate surface area is 159 Å². The molecular formula is C20H14ClN5O. The van der Waals surface area contributed by atoms with Gasteiger partial charge in [0.2, 0.25) is 5.91 Å². The largest absolute Gasteiger partial charge is 0.322 e. The second kappa shape index (κ2) is 7.39. The molecule has 0 spiro atoms. The maximum Gasteiger partial charge on any atom is 0.248 e. The van der Waals surface area contributed by atoms with Gasteiger partial charge in [-0.1, -0.05) is 48.0 Å². The summed E-state index contributed by atoms with van der Waals surface area (Å²) >= 11 is 6.06. The molecule has 0 unspecified atom stereocenters. The maximum atomic E-state index is 12.4. The first-order chi connectivity index (χ1) is 13.2. The molecule has 0 radical (unpaired) electrons. The number of halogens is 1. The Kier molecular flexibility index (Phi) is 4.63. The molecular weight excluding hydrogens is 362 g/mol. The van der Waals surface area contributed by atoms with Gasteiger partial charge in [0, 0.05) is 16.7 Å². The van der Waals surface area contributed by atoms with E-state index in [2.05, 4.69) is 32.0 Å². The van der Waals surface area contributed by atoms with Crippen LogP contribution in [-0.4, -0.2) is 26.5 Å². The monoisotopic (exact) mass is 375 g/mol. The lowest BCUT2D eigenvalue weighted by molar-refractivity contribution is -0.111. The average Bonchev–Trinajstić information content (AvgIpc) is 3.21. The molecule has 0 saturated heterocycles. The number of hydrogen-bond acceptors (Lipinski definition) is 4. The number of amides is 1. The van der Waals surface area contributed by atoms with E-state index in [9.17, 15) is 4.79 Å². The van der Waals surface area contributed by atoms with Crippen LogP contribution in [-0.2, 0) is 4.79 Å². The maximum absolute atomic E-state index is 12.4. The number of anilines is 1. The molecule has 1 amide bonds. The number of nitrogens with zero attached hydrogens (tertiary/aromatic N) is 3. The van der Waals surface area contributed by atoms with Gasteiger partial charge in [-0.2, -0.15) is 0 Å². The first-order valence-electron chi connectivity index (χ1n) is 8.20. The van der Waals surface area contributed by atoms with Gasteiger partial charge in [-0.25, -0.2) is 5.10 Å². The number of rotatable bonds is 4. The van der Waals surface area contributed by atoms with Crippen molar-refractivity contribution in [2.75, 3.05) is 5.32 Å². The highest BCUT2D eigenvalue weighted by atomic mass is 35.5. The smallest absolute Gasteiger partial charge is 0.248 e. The van der Waals surface area contributed by atoms with E-state index in [1.54, 1.807) is 24.3 Å². The van der Waals surface area contributed by atoms with Gasteiger partial charge < -0.3 is 5.32 Å². The van der Waals surface area contributed by atoms with Crippen LogP contribution < -0.4 is 5.32 Å². The number of carbonyl (C=O) groups is 1. The summed E-state index contributed by atoms with van der Waals surface area (Å²) < 4.78 is 0. The van der Waals surface area contributed by atoms with Crippen LogP contribution in [0.4, 0.5) is 5.69 Å². The molecule has 0 atom stereocenters. The van der Waals surface area contributed by atoms with E-state index in [1.807, 2.05) is 36.4 Å². The Balaban J connectivity index is 1.55. The SMILES string of the molecule is O=C(C=Cc1ccc2ccccc2c1)Nc1cc(Cl)ccc1-c1nnn[nH]1. The van der Waals surface area contributed by atoms with Crippen molar-refractivity contribution < 1.29 is 4.79 Å². The zero-order valence-corrected chi connectivity index (χ0v) is 14.8. The summed E-state index contributed by atoms with van der Waals surface area (Å²) in [5, 5.41) is 19.3. The zero-order valence-electron chi connectivity index (χ0n) is 14.1. The van der Waals surface area contributed by atoms with Crippen molar-refractivity contribution in [2.45, 2.75) is 0 Å². The summed E-state index contributed by atoms with van der Waals surface area (Å²) in [7, 11) is 0. The lowest BCUT2D eigenvalue weighted by Crippen LogP contribution is -2.09. The summed E-state index contributed by atoms with van der Waals surface area (Å²) in [4.78, 5) is 12.4. The van der Waals surface area contributed by atoms with Gasteiger partial charge in [0.1, 0.15) is 0 Å². The van der Waals surface area contributed by atoms with Crippen molar-refractivity contribution in [3.05, 3.63) is 77.3 Å². The highest BCUT2D eigenvalue weighted by Gasteiger charge is 2.11. The van der Waals surface area contributed by atoms with Crippen LogP contribution in [0.1, 0.15) is 5.56 Å². The van der Waals surface area contributed by atoms with Crippen LogP contribution in [0.2, 0.25) is 5.02 Å². The second-order valence-electron chi connectivity index (χ2n) is 5.87. The summed E-state index contributed by atoms with van der Waals surface area (Å²) in [6.45, 7) is 0. The van der Waals surface area contributed by atoms with Crippen LogP contribution in [0, 0.1) is 0 Å². The van der Waals surface area contributed by atoms with E-state index >= 15 is 0 Å². The van der Waals surface area contributed by atoms with E-state index < -0.39 is 0 Å². The van der Waals surface area contributed by atoms with Crippen LogP contribution in [0.15, 0.2) is 66.7 Å². The zero-order chi connectivity index (χ0) is 18.6. The Bertz CT molecular complexity index is 1140. The van der Waals surface area contributed by atoms with Crippen molar-refractivity contribution in [2.24, 2.45) is 0 Å². The molecule has 0 saturated carbocycles. The number of aromatic nitrogens is 4. The van der Waals surface area contributed by atoms with Crippen LogP contribution in [0.25, 0.3) is 28.2 Å². The van der Waals surface area contributed by atoms with Crippen LogP contribution in [0.3, 0.4) is 0 Å². The van der Waals surface area contributed by atoms with Gasteiger partial charge in [-0.15, -0.1) is 5.10 Å². The normalized spacial score (nSPS) is 11.1. The molecule has 0 bridgehead atoms. The average molecular weight is 376 g/mol. The van der Waals surface area contributed by atoms with Gasteiger partial charge in [-0.3, -0.25) is 4.79 Å².